The summed E-state index contributed by atoms with van der Waals surface area (Å²) in [6.07, 6.45) is -0.504. The molecule has 1 amide bonds. The maximum atomic E-state index is 12.2. The zero-order valence-electron chi connectivity index (χ0n) is 11.3. The Bertz CT molecular complexity index is 643. The van der Waals surface area contributed by atoms with Gasteiger partial charge in [0.2, 0.25) is 0 Å². The minimum atomic E-state index is -0.504. The molecular weight excluding hydrogens is 332 g/mol. The van der Waals surface area contributed by atoms with E-state index in [0.29, 0.717) is 18.8 Å². The Labute approximate surface area is 131 Å². The van der Waals surface area contributed by atoms with Gasteiger partial charge in [0.05, 0.1) is 12.2 Å². The minimum Gasteiger partial charge on any atom is -0.477 e. The lowest BCUT2D eigenvalue weighted by Crippen LogP contribution is -2.44. The number of benzene rings is 2. The number of hydrogen-bond donors (Lipinski definition) is 2. The number of para-hydroxylation sites is 2. The van der Waals surface area contributed by atoms with Crippen molar-refractivity contribution in [2.45, 2.75) is 12.6 Å². The normalized spacial score (nSPS) is 16.3. The molecule has 0 aliphatic carbocycles. The lowest BCUT2D eigenvalue weighted by Gasteiger charge is -2.26. The topological polar surface area (TPSA) is 50.4 Å². The van der Waals surface area contributed by atoms with Crippen molar-refractivity contribution in [1.29, 1.82) is 0 Å². The van der Waals surface area contributed by atoms with Crippen LogP contribution in [0.5, 0.6) is 5.75 Å². The van der Waals surface area contributed by atoms with E-state index in [2.05, 4.69) is 26.6 Å². The van der Waals surface area contributed by atoms with Gasteiger partial charge in [0.1, 0.15) is 5.75 Å². The number of rotatable bonds is 3. The Hall–Kier alpha value is -2.01. The maximum absolute atomic E-state index is 12.2. The van der Waals surface area contributed by atoms with Crippen LogP contribution in [0, 0.1) is 0 Å². The zero-order chi connectivity index (χ0) is 14.7. The predicted octanol–water partition coefficient (Wildman–Crippen LogP) is 2.94. The Morgan fingerprint density at radius 1 is 1.24 bits per heavy atom. The summed E-state index contributed by atoms with van der Waals surface area (Å²) in [6.45, 7) is 0.969. The number of anilines is 1. The van der Waals surface area contributed by atoms with E-state index in [-0.39, 0.29) is 5.91 Å². The van der Waals surface area contributed by atoms with E-state index < -0.39 is 6.10 Å². The molecule has 0 saturated carbocycles. The summed E-state index contributed by atoms with van der Waals surface area (Å²) in [7, 11) is 0. The van der Waals surface area contributed by atoms with Crippen LogP contribution in [-0.4, -0.2) is 18.6 Å². The van der Waals surface area contributed by atoms with Gasteiger partial charge in [-0.3, -0.25) is 4.79 Å². The van der Waals surface area contributed by atoms with Crippen molar-refractivity contribution < 1.29 is 9.53 Å². The second-order valence-electron chi connectivity index (χ2n) is 4.83. The second-order valence-corrected chi connectivity index (χ2v) is 5.74. The third-order valence-corrected chi connectivity index (χ3v) is 3.84. The molecule has 0 bridgehead atoms. The van der Waals surface area contributed by atoms with Gasteiger partial charge < -0.3 is 15.4 Å². The van der Waals surface area contributed by atoms with Gasteiger partial charge in [0, 0.05) is 11.0 Å². The Morgan fingerprint density at radius 3 is 2.81 bits per heavy atom. The third-order valence-electron chi connectivity index (χ3n) is 3.31. The smallest absolute Gasteiger partial charge is 0.263 e. The molecule has 0 aromatic heterocycles. The molecule has 2 N–H and O–H groups in total. The first kappa shape index (κ1) is 13.9. The monoisotopic (exact) mass is 346 g/mol. The molecule has 0 saturated heterocycles. The van der Waals surface area contributed by atoms with Crippen molar-refractivity contribution >= 4 is 27.5 Å². The van der Waals surface area contributed by atoms with Gasteiger partial charge >= 0.3 is 0 Å². The van der Waals surface area contributed by atoms with Gasteiger partial charge in [-0.1, -0.05) is 40.2 Å². The van der Waals surface area contributed by atoms with E-state index in [0.717, 1.165) is 15.7 Å². The molecule has 2 aromatic carbocycles. The predicted molar refractivity (Wildman–Crippen MR) is 85.3 cm³/mol. The van der Waals surface area contributed by atoms with Gasteiger partial charge in [-0.15, -0.1) is 0 Å². The molecule has 3 rings (SSSR count). The summed E-state index contributed by atoms with van der Waals surface area (Å²) < 4.78 is 6.74. The number of nitrogens with one attached hydrogen (secondary N) is 2. The minimum absolute atomic E-state index is 0.111. The Morgan fingerprint density at radius 2 is 2.00 bits per heavy atom. The summed E-state index contributed by atoms with van der Waals surface area (Å²) in [6, 6.07) is 15.5. The molecule has 1 aliphatic rings. The van der Waals surface area contributed by atoms with Crippen LogP contribution >= 0.6 is 15.9 Å². The first-order chi connectivity index (χ1) is 10.2. The number of fused-ring (bicyclic) bond motifs is 1. The van der Waals surface area contributed by atoms with Crippen molar-refractivity contribution in [1.82, 2.24) is 5.32 Å². The van der Waals surface area contributed by atoms with E-state index in [1.807, 2.05) is 48.5 Å². The quantitative estimate of drug-likeness (QED) is 0.898. The highest BCUT2D eigenvalue weighted by atomic mass is 79.9. The van der Waals surface area contributed by atoms with Crippen LogP contribution in [0.2, 0.25) is 0 Å². The summed E-state index contributed by atoms with van der Waals surface area (Å²) in [5.74, 6) is 0.604. The van der Waals surface area contributed by atoms with Gasteiger partial charge in [-0.25, -0.2) is 0 Å². The summed E-state index contributed by atoms with van der Waals surface area (Å²) in [4.78, 5) is 12.2. The lowest BCUT2D eigenvalue weighted by atomic mass is 10.2. The number of carbonyl (C=O) groups excluding carboxylic acids is 1. The van der Waals surface area contributed by atoms with Crippen molar-refractivity contribution in [2.75, 3.05) is 11.9 Å². The zero-order valence-corrected chi connectivity index (χ0v) is 12.9. The fraction of sp³-hybridized carbons (Fsp3) is 0.188. The van der Waals surface area contributed by atoms with Gasteiger partial charge in [-0.2, -0.15) is 0 Å². The molecule has 1 unspecified atom stereocenters. The van der Waals surface area contributed by atoms with Gasteiger partial charge in [-0.05, 0) is 29.8 Å². The highest BCUT2D eigenvalue weighted by Crippen LogP contribution is 2.28. The summed E-state index contributed by atoms with van der Waals surface area (Å²) in [5.41, 5.74) is 1.98. The average Bonchev–Trinajstić information content (AvgIpc) is 2.53. The highest BCUT2D eigenvalue weighted by molar-refractivity contribution is 9.10. The largest absolute Gasteiger partial charge is 0.477 e. The van der Waals surface area contributed by atoms with Crippen molar-refractivity contribution in [3.05, 3.63) is 58.6 Å². The SMILES string of the molecule is O=C(NCc1ccc(Br)cc1)C1CNc2ccccc2O1. The number of amides is 1. The van der Waals surface area contributed by atoms with E-state index in [1.54, 1.807) is 0 Å². The molecule has 1 heterocycles. The number of ether oxygens (including phenoxy) is 1. The van der Waals surface area contributed by atoms with E-state index >= 15 is 0 Å². The molecular formula is C16H15BrN2O2. The highest BCUT2D eigenvalue weighted by Gasteiger charge is 2.25. The molecule has 5 heteroatoms. The number of hydrogen-bond acceptors (Lipinski definition) is 3. The third kappa shape index (κ3) is 3.36. The Kier molecular flexibility index (Phi) is 4.10. The van der Waals surface area contributed by atoms with Gasteiger partial charge in [0.25, 0.3) is 5.91 Å². The van der Waals surface area contributed by atoms with E-state index in [4.69, 9.17) is 4.74 Å². The van der Waals surface area contributed by atoms with Crippen LogP contribution < -0.4 is 15.4 Å². The van der Waals surface area contributed by atoms with E-state index in [1.165, 1.54) is 0 Å². The molecule has 0 fully saturated rings. The first-order valence-electron chi connectivity index (χ1n) is 6.74. The molecule has 21 heavy (non-hydrogen) atoms. The van der Waals surface area contributed by atoms with E-state index in [9.17, 15) is 4.79 Å². The van der Waals surface area contributed by atoms with Crippen molar-refractivity contribution in [2.24, 2.45) is 0 Å². The molecule has 4 nitrogen and oxygen atoms in total. The average molecular weight is 347 g/mol. The van der Waals surface area contributed by atoms with Crippen LogP contribution in [0.3, 0.4) is 0 Å². The first-order valence-corrected chi connectivity index (χ1v) is 7.53. The molecule has 2 aromatic rings. The molecule has 1 aliphatic heterocycles. The Balaban J connectivity index is 1.58. The molecule has 1 atom stereocenters. The van der Waals surface area contributed by atoms with Gasteiger partial charge in [0.15, 0.2) is 6.10 Å². The standard InChI is InChI=1S/C16H15BrN2O2/c17-12-7-5-11(6-8-12)9-19-16(20)15-10-18-13-3-1-2-4-14(13)21-15/h1-8,15,18H,9-10H2,(H,19,20). The van der Waals surface area contributed by atoms with Crippen LogP contribution in [0.25, 0.3) is 0 Å². The molecule has 0 spiro atoms. The lowest BCUT2D eigenvalue weighted by molar-refractivity contribution is -0.127. The van der Waals surface area contributed by atoms with Crippen LogP contribution in [0.1, 0.15) is 5.56 Å². The number of carbonyl (C=O) groups is 1. The van der Waals surface area contributed by atoms with Crippen LogP contribution in [0.15, 0.2) is 53.0 Å². The number of halogens is 1. The summed E-state index contributed by atoms with van der Waals surface area (Å²) >= 11 is 3.39. The summed E-state index contributed by atoms with van der Waals surface area (Å²) in [5, 5.41) is 6.11. The second kappa shape index (κ2) is 6.18. The van der Waals surface area contributed by atoms with Crippen molar-refractivity contribution in [3.63, 3.8) is 0 Å². The maximum Gasteiger partial charge on any atom is 0.263 e. The molecule has 108 valence electrons. The van der Waals surface area contributed by atoms with Crippen LogP contribution in [0.4, 0.5) is 5.69 Å². The van der Waals surface area contributed by atoms with Crippen molar-refractivity contribution in [3.8, 4) is 5.75 Å². The van der Waals surface area contributed by atoms with Crippen LogP contribution in [-0.2, 0) is 11.3 Å². The fourth-order valence-electron chi connectivity index (χ4n) is 2.16. The molecule has 0 radical (unpaired) electrons. The fourth-order valence-corrected chi connectivity index (χ4v) is 2.43.